The van der Waals surface area contributed by atoms with Crippen molar-refractivity contribution < 1.29 is 16.4 Å². The van der Waals surface area contributed by atoms with Gasteiger partial charge in [-0.3, -0.25) is 0 Å². The fourth-order valence-electron chi connectivity index (χ4n) is 4.68. The molecule has 0 nitrogen and oxygen atoms in total. The molecule has 2 aromatic carbocycles. The number of halogens is 2. The third-order valence-corrected chi connectivity index (χ3v) is 24.3. The van der Waals surface area contributed by atoms with E-state index in [4.69, 9.17) is 17.0 Å². The van der Waals surface area contributed by atoms with E-state index >= 15 is 0 Å². The zero-order valence-electron chi connectivity index (χ0n) is 15.9. The van der Waals surface area contributed by atoms with Crippen LogP contribution >= 0.6 is 17.0 Å². The first kappa shape index (κ1) is 19.7. The summed E-state index contributed by atoms with van der Waals surface area (Å²) in [6, 6.07) is 17.4. The number of fused-ring (bicyclic) bond motifs is 2. The Morgan fingerprint density at radius 2 is 1.37 bits per heavy atom. The molecule has 0 amide bonds. The van der Waals surface area contributed by atoms with E-state index in [9.17, 15) is 0 Å². The molecule has 0 saturated carbocycles. The van der Waals surface area contributed by atoms with Gasteiger partial charge < -0.3 is 0 Å². The van der Waals surface area contributed by atoms with Gasteiger partial charge in [0.1, 0.15) is 0 Å². The van der Waals surface area contributed by atoms with E-state index in [0.29, 0.717) is 11.8 Å². The fraction of sp³-hybridized carbons (Fsp3) is 0.333. The summed E-state index contributed by atoms with van der Waals surface area (Å²) in [4.78, 5) is 0. The van der Waals surface area contributed by atoms with Gasteiger partial charge in [-0.05, 0) is 0 Å². The Kier molecular flexibility index (Phi) is 5.59. The second kappa shape index (κ2) is 7.66. The summed E-state index contributed by atoms with van der Waals surface area (Å²) >= 11 is -3.74. The molecule has 2 unspecified atom stereocenters. The van der Waals surface area contributed by atoms with Gasteiger partial charge in [-0.1, -0.05) is 0 Å². The Hall–Kier alpha value is -0.617. The Morgan fingerprint density at radius 3 is 2.00 bits per heavy atom. The van der Waals surface area contributed by atoms with Crippen molar-refractivity contribution in [2.45, 2.75) is 44.0 Å². The molecule has 4 rings (SSSR count). The molecule has 0 aromatic heterocycles. The van der Waals surface area contributed by atoms with Crippen LogP contribution in [0.25, 0.3) is 12.2 Å². The van der Waals surface area contributed by atoms with Crippen molar-refractivity contribution >= 4 is 29.2 Å². The summed E-state index contributed by atoms with van der Waals surface area (Å²) < 4.78 is 2.97. The van der Waals surface area contributed by atoms with Crippen molar-refractivity contribution in [1.29, 1.82) is 0 Å². The molecule has 2 aliphatic carbocycles. The molecule has 0 bridgehead atoms. The van der Waals surface area contributed by atoms with Crippen LogP contribution in [0.15, 0.2) is 60.7 Å². The molecule has 0 fully saturated rings. The van der Waals surface area contributed by atoms with Crippen LogP contribution in [0.4, 0.5) is 0 Å². The summed E-state index contributed by atoms with van der Waals surface area (Å²) in [6.07, 6.45) is 11.4. The van der Waals surface area contributed by atoms with Crippen LogP contribution < -0.4 is 0 Å². The first-order chi connectivity index (χ1) is 13.0. The summed E-state index contributed by atoms with van der Waals surface area (Å²) in [5.74, 6) is 0.923. The van der Waals surface area contributed by atoms with Gasteiger partial charge in [-0.25, -0.2) is 0 Å². The van der Waals surface area contributed by atoms with E-state index in [1.807, 2.05) is 0 Å². The molecule has 27 heavy (non-hydrogen) atoms. The van der Waals surface area contributed by atoms with Gasteiger partial charge in [0.15, 0.2) is 0 Å². The van der Waals surface area contributed by atoms with Gasteiger partial charge in [0.05, 0.1) is 0 Å². The minimum atomic E-state index is -3.74. The number of allylic oxidation sites excluding steroid dienone is 2. The number of rotatable bonds is 7. The number of hydrogen-bond donors (Lipinski definition) is 0. The van der Waals surface area contributed by atoms with Crippen LogP contribution in [-0.2, 0) is 16.4 Å². The molecule has 0 radical (unpaired) electrons. The molecule has 0 N–H and O–H groups in total. The molecular weight excluding hydrogens is 450 g/mol. The van der Waals surface area contributed by atoms with Crippen LogP contribution in [0.3, 0.4) is 0 Å². The van der Waals surface area contributed by atoms with Gasteiger partial charge in [0, 0.05) is 0 Å². The maximum absolute atomic E-state index is 7.33. The van der Waals surface area contributed by atoms with Crippen molar-refractivity contribution in [2.75, 3.05) is 0 Å². The molecular formula is C24H27Cl2Zr. The second-order valence-electron chi connectivity index (χ2n) is 8.26. The molecule has 3 heteroatoms. The maximum atomic E-state index is 7.33. The molecule has 0 aliphatic heterocycles. The molecule has 2 aliphatic rings. The molecule has 0 saturated heterocycles. The molecule has 2 atom stereocenters. The normalized spacial score (nSPS) is 21.7. The van der Waals surface area contributed by atoms with Gasteiger partial charge >= 0.3 is 172 Å². The van der Waals surface area contributed by atoms with Gasteiger partial charge in [0.2, 0.25) is 0 Å². The summed E-state index contributed by atoms with van der Waals surface area (Å²) in [6.45, 7) is 2.21. The van der Waals surface area contributed by atoms with E-state index in [2.05, 4.69) is 79.8 Å². The Bertz CT molecular complexity index is 897. The van der Waals surface area contributed by atoms with Crippen LogP contribution in [-0.4, -0.2) is 0 Å². The standard InChI is InChI=1S/C12H13.C10H9.C2H5.2ClH.Zr/c1-2-5-10-8-9-11-6-3-4-7-12(10)11;1-8-6-7-9-4-2-3-5-10(8)9;1-2;;;/h3-4,6-10H,1-2,5H2;2-8H,1H2;1H2,2H3;2*1H;/q;;;;;+2/p-2. The monoisotopic (exact) mass is 475 g/mol. The molecule has 2 aromatic rings. The van der Waals surface area contributed by atoms with Gasteiger partial charge in [0.25, 0.3) is 0 Å². The quantitative estimate of drug-likeness (QED) is 0.374. The second-order valence-corrected chi connectivity index (χ2v) is 33.1. The zero-order chi connectivity index (χ0) is 18.9. The van der Waals surface area contributed by atoms with Crippen LogP contribution in [0.2, 0.25) is 12.4 Å². The van der Waals surface area contributed by atoms with E-state index < -0.39 is 16.4 Å². The number of hydrogen-bond acceptors (Lipinski definition) is 0. The average molecular weight is 478 g/mol. The van der Waals surface area contributed by atoms with E-state index in [1.54, 1.807) is 0 Å². The first-order valence-electron chi connectivity index (χ1n) is 10.1. The van der Waals surface area contributed by atoms with Crippen LogP contribution in [0.5, 0.6) is 0 Å². The number of benzene rings is 2. The van der Waals surface area contributed by atoms with Crippen LogP contribution in [0.1, 0.15) is 53.9 Å². The minimum absolute atomic E-state index is 0.397. The van der Waals surface area contributed by atoms with E-state index in [1.165, 1.54) is 22.3 Å². The van der Waals surface area contributed by atoms with Crippen molar-refractivity contribution in [1.82, 2.24) is 0 Å². The Balaban J connectivity index is 1.42. The Labute approximate surface area is 171 Å². The summed E-state index contributed by atoms with van der Waals surface area (Å²) in [5.41, 5.74) is 5.56. The van der Waals surface area contributed by atoms with E-state index in [-0.39, 0.29) is 0 Å². The van der Waals surface area contributed by atoms with Gasteiger partial charge in [-0.2, -0.15) is 0 Å². The van der Waals surface area contributed by atoms with Crippen molar-refractivity contribution in [3.05, 3.63) is 82.9 Å². The van der Waals surface area contributed by atoms with Gasteiger partial charge in [-0.15, -0.1) is 0 Å². The van der Waals surface area contributed by atoms with Crippen molar-refractivity contribution in [3.63, 3.8) is 0 Å². The SMILES string of the molecule is C[CH2][Zr]([Cl])([Cl])([CH2]CCC1C=Cc2ccccc21)[CH2]C1C=Cc2ccccc21. The zero-order valence-corrected chi connectivity index (χ0v) is 19.8. The summed E-state index contributed by atoms with van der Waals surface area (Å²) in [5, 5.41) is 0. The third kappa shape index (κ3) is 4.21. The first-order valence-corrected chi connectivity index (χ1v) is 21.6. The van der Waals surface area contributed by atoms with Crippen molar-refractivity contribution in [2.24, 2.45) is 0 Å². The predicted octanol–water partition coefficient (Wildman–Crippen LogP) is 8.66. The molecule has 0 heterocycles. The Morgan fingerprint density at radius 1 is 0.815 bits per heavy atom. The fourth-order valence-corrected chi connectivity index (χ4v) is 15.9. The molecule has 141 valence electrons. The predicted molar refractivity (Wildman–Crippen MR) is 117 cm³/mol. The van der Waals surface area contributed by atoms with Crippen molar-refractivity contribution in [3.8, 4) is 0 Å². The van der Waals surface area contributed by atoms with Crippen LogP contribution in [0, 0.1) is 0 Å². The average Bonchev–Trinajstić information content (AvgIpc) is 3.27. The third-order valence-electron chi connectivity index (χ3n) is 6.47. The van der Waals surface area contributed by atoms with E-state index in [0.717, 1.165) is 25.2 Å². The molecule has 0 spiro atoms. The topological polar surface area (TPSA) is 0 Å². The summed E-state index contributed by atoms with van der Waals surface area (Å²) in [7, 11) is 14.7.